The highest BCUT2D eigenvalue weighted by atomic mass is 16.5. The molecule has 0 aromatic carbocycles. The molecule has 1 N–H and O–H groups in total. The molecular formula is C12H18N2O2. The van der Waals surface area contributed by atoms with E-state index in [0.717, 1.165) is 25.9 Å². The lowest BCUT2D eigenvalue weighted by molar-refractivity contribution is -0.147. The number of aromatic amines is 1. The normalized spacial score (nSPS) is 17.4. The number of nitrogens with one attached hydrogen (secondary N) is 1. The highest BCUT2D eigenvalue weighted by Crippen LogP contribution is 2.47. The Bertz CT molecular complexity index is 355. The summed E-state index contributed by atoms with van der Waals surface area (Å²) in [5, 5.41) is 0. The number of carbonyl (C=O) groups is 1. The van der Waals surface area contributed by atoms with E-state index >= 15 is 0 Å². The fourth-order valence-corrected chi connectivity index (χ4v) is 2.14. The van der Waals surface area contributed by atoms with Crippen LogP contribution in [-0.4, -0.2) is 36.6 Å². The van der Waals surface area contributed by atoms with Crippen molar-refractivity contribution in [3.8, 4) is 0 Å². The second kappa shape index (κ2) is 4.29. The first-order valence-electron chi connectivity index (χ1n) is 5.55. The summed E-state index contributed by atoms with van der Waals surface area (Å²) in [7, 11) is 3.50. The van der Waals surface area contributed by atoms with Gasteiger partial charge in [0.2, 0.25) is 0 Å². The third kappa shape index (κ3) is 2.27. The van der Waals surface area contributed by atoms with Gasteiger partial charge in [0.1, 0.15) is 0 Å². The zero-order valence-corrected chi connectivity index (χ0v) is 9.82. The average molecular weight is 222 g/mol. The van der Waals surface area contributed by atoms with Crippen molar-refractivity contribution < 1.29 is 9.53 Å². The number of hydrogen-bond acceptors (Lipinski definition) is 3. The van der Waals surface area contributed by atoms with E-state index in [4.69, 9.17) is 4.74 Å². The van der Waals surface area contributed by atoms with Crippen LogP contribution in [0.3, 0.4) is 0 Å². The quantitative estimate of drug-likeness (QED) is 0.766. The Balaban J connectivity index is 1.88. The van der Waals surface area contributed by atoms with Crippen LogP contribution >= 0.6 is 0 Å². The van der Waals surface area contributed by atoms with Crippen molar-refractivity contribution in [3.63, 3.8) is 0 Å². The Hall–Kier alpha value is -1.29. The molecule has 1 heterocycles. The predicted octanol–water partition coefficient (Wildman–Crippen LogP) is 1.40. The number of rotatable bonds is 5. The molecular weight excluding hydrogens is 204 g/mol. The van der Waals surface area contributed by atoms with E-state index in [0.29, 0.717) is 0 Å². The van der Waals surface area contributed by atoms with Gasteiger partial charge in [-0.15, -0.1) is 0 Å². The molecule has 88 valence electrons. The predicted molar refractivity (Wildman–Crippen MR) is 60.8 cm³/mol. The number of ether oxygens (including phenoxy) is 1. The van der Waals surface area contributed by atoms with Gasteiger partial charge < -0.3 is 14.6 Å². The van der Waals surface area contributed by atoms with Crippen molar-refractivity contribution in [3.05, 3.63) is 24.0 Å². The Labute approximate surface area is 95.6 Å². The number of esters is 1. The Morgan fingerprint density at radius 1 is 1.62 bits per heavy atom. The number of methoxy groups -OCH3 is 1. The molecule has 1 saturated carbocycles. The van der Waals surface area contributed by atoms with Gasteiger partial charge in [0.05, 0.1) is 12.5 Å². The number of nitrogens with zero attached hydrogens (tertiary/aromatic N) is 1. The maximum atomic E-state index is 11.6. The summed E-state index contributed by atoms with van der Waals surface area (Å²) in [4.78, 5) is 16.8. The molecule has 1 fully saturated rings. The van der Waals surface area contributed by atoms with Crippen LogP contribution in [0.4, 0.5) is 0 Å². The third-order valence-electron chi connectivity index (χ3n) is 3.16. The third-order valence-corrected chi connectivity index (χ3v) is 3.16. The van der Waals surface area contributed by atoms with E-state index in [-0.39, 0.29) is 11.4 Å². The van der Waals surface area contributed by atoms with E-state index in [2.05, 4.69) is 9.88 Å². The zero-order chi connectivity index (χ0) is 11.6. The summed E-state index contributed by atoms with van der Waals surface area (Å²) in [6.45, 7) is 1.65. The summed E-state index contributed by atoms with van der Waals surface area (Å²) in [5.41, 5.74) is 1.02. The van der Waals surface area contributed by atoms with Crippen molar-refractivity contribution in [1.29, 1.82) is 0 Å². The smallest absolute Gasteiger partial charge is 0.313 e. The molecule has 0 unspecified atom stereocenters. The topological polar surface area (TPSA) is 45.3 Å². The van der Waals surface area contributed by atoms with E-state index < -0.39 is 0 Å². The highest BCUT2D eigenvalue weighted by Gasteiger charge is 2.51. The van der Waals surface area contributed by atoms with Crippen LogP contribution in [0.1, 0.15) is 18.4 Å². The van der Waals surface area contributed by atoms with Crippen molar-refractivity contribution in [2.75, 3.05) is 20.7 Å². The fraction of sp³-hybridized carbons (Fsp3) is 0.583. The first-order chi connectivity index (χ1) is 7.66. The molecule has 0 radical (unpaired) electrons. The first kappa shape index (κ1) is 11.2. The summed E-state index contributed by atoms with van der Waals surface area (Å²) in [6, 6.07) is 2.05. The van der Waals surface area contributed by atoms with Gasteiger partial charge in [0.25, 0.3) is 0 Å². The Morgan fingerprint density at radius 3 is 2.88 bits per heavy atom. The van der Waals surface area contributed by atoms with Gasteiger partial charge in [0.15, 0.2) is 0 Å². The second-order valence-electron chi connectivity index (χ2n) is 4.66. The molecule has 0 bridgehead atoms. The van der Waals surface area contributed by atoms with Gasteiger partial charge in [-0.1, -0.05) is 0 Å². The van der Waals surface area contributed by atoms with Gasteiger partial charge in [-0.25, -0.2) is 0 Å². The van der Waals surface area contributed by atoms with Crippen LogP contribution in [-0.2, 0) is 16.1 Å². The summed E-state index contributed by atoms with van der Waals surface area (Å²) in [6.07, 6.45) is 5.80. The molecule has 0 amide bonds. The minimum Gasteiger partial charge on any atom is -0.469 e. The Kier molecular flexibility index (Phi) is 3.01. The summed E-state index contributed by atoms with van der Waals surface area (Å²) >= 11 is 0. The molecule has 1 aromatic rings. The molecule has 0 spiro atoms. The molecule has 1 aromatic heterocycles. The summed E-state index contributed by atoms with van der Waals surface area (Å²) < 4.78 is 4.84. The number of aromatic nitrogens is 1. The zero-order valence-electron chi connectivity index (χ0n) is 9.82. The molecule has 16 heavy (non-hydrogen) atoms. The van der Waals surface area contributed by atoms with Gasteiger partial charge in [-0.05, 0) is 31.5 Å². The lowest BCUT2D eigenvalue weighted by atomic mass is 10.1. The maximum Gasteiger partial charge on any atom is 0.313 e. The molecule has 0 aliphatic heterocycles. The van der Waals surface area contributed by atoms with Crippen LogP contribution in [0.5, 0.6) is 0 Å². The molecule has 1 aliphatic carbocycles. The molecule has 4 heteroatoms. The number of carbonyl (C=O) groups excluding carboxylic acids is 1. The molecule has 1 aliphatic rings. The van der Waals surface area contributed by atoms with Gasteiger partial charge >= 0.3 is 5.97 Å². The first-order valence-corrected chi connectivity index (χ1v) is 5.55. The van der Waals surface area contributed by atoms with Crippen LogP contribution in [0.2, 0.25) is 0 Å². The van der Waals surface area contributed by atoms with Crippen LogP contribution in [0, 0.1) is 5.41 Å². The summed E-state index contributed by atoms with van der Waals surface area (Å²) in [5.74, 6) is -0.0616. The number of H-pyrrole nitrogens is 1. The van der Waals surface area contributed by atoms with E-state index in [1.807, 2.05) is 25.5 Å². The van der Waals surface area contributed by atoms with Crippen molar-refractivity contribution in [2.45, 2.75) is 19.4 Å². The van der Waals surface area contributed by atoms with Gasteiger partial charge in [-0.2, -0.15) is 0 Å². The fourth-order valence-electron chi connectivity index (χ4n) is 2.14. The van der Waals surface area contributed by atoms with E-state index in [1.165, 1.54) is 12.7 Å². The monoisotopic (exact) mass is 222 g/mol. The lowest BCUT2D eigenvalue weighted by Crippen LogP contribution is -2.32. The van der Waals surface area contributed by atoms with Crippen molar-refractivity contribution in [1.82, 2.24) is 9.88 Å². The van der Waals surface area contributed by atoms with Crippen molar-refractivity contribution >= 4 is 5.97 Å². The molecule has 4 nitrogen and oxygen atoms in total. The number of hydrogen-bond donors (Lipinski definition) is 1. The minimum atomic E-state index is -0.222. The highest BCUT2D eigenvalue weighted by molar-refractivity contribution is 5.80. The van der Waals surface area contributed by atoms with Crippen LogP contribution in [0.25, 0.3) is 0 Å². The van der Waals surface area contributed by atoms with E-state index in [1.54, 1.807) is 0 Å². The molecule has 0 saturated heterocycles. The van der Waals surface area contributed by atoms with Crippen LogP contribution in [0.15, 0.2) is 18.5 Å². The minimum absolute atomic E-state index is 0.0616. The average Bonchev–Trinajstić information content (AvgIpc) is 2.85. The molecule has 2 rings (SSSR count). The van der Waals surface area contributed by atoms with E-state index in [9.17, 15) is 4.79 Å². The van der Waals surface area contributed by atoms with Gasteiger partial charge in [-0.3, -0.25) is 4.79 Å². The van der Waals surface area contributed by atoms with Crippen LogP contribution < -0.4 is 0 Å². The Morgan fingerprint density at radius 2 is 2.38 bits per heavy atom. The largest absolute Gasteiger partial charge is 0.469 e. The van der Waals surface area contributed by atoms with Crippen molar-refractivity contribution in [2.24, 2.45) is 5.41 Å². The van der Waals surface area contributed by atoms with Gasteiger partial charge in [0, 0.05) is 25.5 Å². The SMILES string of the molecule is COC(=O)C1(CN(C)Cc2cc[nH]c2)CC1. The maximum absolute atomic E-state index is 11.6. The standard InChI is InChI=1S/C12H18N2O2/c1-14(8-10-3-6-13-7-10)9-12(4-5-12)11(15)16-2/h3,6-7,13H,4-5,8-9H2,1-2H3. The lowest BCUT2D eigenvalue weighted by Gasteiger charge is -2.21. The molecule has 0 atom stereocenters. The second-order valence-corrected chi connectivity index (χ2v) is 4.66.